The molecule has 0 aromatic rings. The van der Waals surface area contributed by atoms with Crippen molar-refractivity contribution in [3.8, 4) is 0 Å². The fourth-order valence-corrected chi connectivity index (χ4v) is 2.72. The van der Waals surface area contributed by atoms with Crippen LogP contribution in [-0.2, 0) is 32.7 Å². The third-order valence-corrected chi connectivity index (χ3v) is 4.90. The molecule has 10 heteroatoms. The number of hydrogen-bond donors (Lipinski definition) is 0. The molecule has 2 atom stereocenters. The number of esters is 2. The molecule has 1 unspecified atom stereocenters. The van der Waals surface area contributed by atoms with Gasteiger partial charge in [-0.2, -0.15) is 0 Å². The Hall–Kier alpha value is -0.990. The number of rotatable bonds is 38. The van der Waals surface area contributed by atoms with Crippen LogP contribution in [0.1, 0.15) is 277 Å². The van der Waals surface area contributed by atoms with Gasteiger partial charge in [0.15, 0.2) is 6.10 Å². The molecule has 0 saturated heterocycles. The van der Waals surface area contributed by atoms with Crippen LogP contribution in [-0.4, -0.2) is 70.0 Å². The summed E-state index contributed by atoms with van der Waals surface area (Å²) in [4.78, 5) is 40.7. The minimum absolute atomic E-state index is 0.0952. The van der Waals surface area contributed by atoms with Crippen molar-refractivity contribution in [2.75, 3.05) is 47.5 Å². The van der Waals surface area contributed by atoms with Gasteiger partial charge in [-0.1, -0.05) is 167 Å². The molecule has 0 aliphatic heterocycles. The van der Waals surface area contributed by atoms with Crippen LogP contribution >= 0.6 is 7.82 Å². The molecular weight excluding hydrogens is 653 g/mol. The van der Waals surface area contributed by atoms with Crippen molar-refractivity contribution in [2.45, 2.75) is 198 Å². The number of phosphoric ester groups is 1. The molecule has 298 valence electrons. The molecule has 0 aromatic heterocycles. The highest BCUT2D eigenvalue weighted by Gasteiger charge is 2.21. The van der Waals surface area contributed by atoms with Gasteiger partial charge in [0.1, 0.15) is 19.8 Å². The first kappa shape index (κ1) is 9.33. The Bertz CT molecular complexity index is 3410. The zero-order chi connectivity index (χ0) is 92.4. The second-order valence-electron chi connectivity index (χ2n) is 8.72. The van der Waals surface area contributed by atoms with Gasteiger partial charge in [0.05, 0.1) is 27.7 Å². The van der Waals surface area contributed by atoms with Crippen molar-refractivity contribution >= 4 is 19.8 Å². The zero-order valence-corrected chi connectivity index (χ0v) is 27.5. The van der Waals surface area contributed by atoms with Crippen LogP contribution in [0.15, 0.2) is 0 Å². The Morgan fingerprint density at radius 2 is 0.980 bits per heavy atom. The van der Waals surface area contributed by atoms with Crippen molar-refractivity contribution in [3.05, 3.63) is 0 Å². The van der Waals surface area contributed by atoms with Crippen molar-refractivity contribution in [3.63, 3.8) is 0 Å². The second kappa shape index (κ2) is 33.8. The Kier molecular flexibility index (Phi) is 6.31. The van der Waals surface area contributed by atoms with Crippen LogP contribution in [0.4, 0.5) is 0 Å². The van der Waals surface area contributed by atoms with Crippen LogP contribution < -0.4 is 4.89 Å². The van der Waals surface area contributed by atoms with E-state index in [-0.39, 0.29) is 11.0 Å². The second-order valence-corrected chi connectivity index (χ2v) is 10.1. The first-order valence-corrected chi connectivity index (χ1v) is 14.6. The van der Waals surface area contributed by atoms with Crippen LogP contribution in [0.5, 0.6) is 0 Å². The first-order valence-electron chi connectivity index (χ1n) is 44.1. The van der Waals surface area contributed by atoms with Crippen LogP contribution in [0.25, 0.3) is 0 Å². The fourth-order valence-electron chi connectivity index (χ4n) is 1.99. The number of likely N-dealkylation sites (N-methyl/N-ethyl adjacent to an activating group) is 1. The monoisotopic (exact) mass is 796 g/mol. The van der Waals surface area contributed by atoms with Gasteiger partial charge in [-0.05, 0) is 12.7 Å². The minimum atomic E-state index is -5.95. The van der Waals surface area contributed by atoms with Gasteiger partial charge in [-0.15, -0.1) is 0 Å². The zero-order valence-electron chi connectivity index (χ0n) is 88.6. The lowest BCUT2D eigenvalue weighted by atomic mass is 10.0. The highest BCUT2D eigenvalue weighted by atomic mass is 31.2. The molecule has 0 saturated carbocycles. The Labute approximate surface area is 395 Å². The number of carbonyl (C=O) groups excluding carboxylic acids is 2. The molecular formula is C40H80NO8P. The lowest BCUT2D eigenvalue weighted by Crippen LogP contribution is -2.37. The van der Waals surface area contributed by atoms with Crippen molar-refractivity contribution < 1.29 is 127 Å². The summed E-state index contributed by atoms with van der Waals surface area (Å²) in [5.74, 6) is -6.19. The van der Waals surface area contributed by atoms with E-state index < -0.39 is 238 Å². The maximum Gasteiger partial charge on any atom is 0.306 e. The van der Waals surface area contributed by atoms with Crippen molar-refractivity contribution in [1.82, 2.24) is 0 Å². The van der Waals surface area contributed by atoms with E-state index in [1.54, 1.807) is 0 Å². The van der Waals surface area contributed by atoms with E-state index >= 15 is 0 Å². The topological polar surface area (TPSA) is 111 Å². The largest absolute Gasteiger partial charge is 0.756 e. The molecule has 0 N–H and O–H groups in total. The SMILES string of the molecule is [2H]C([2H])([2H])C([2H])([2H])C([2H])([2H])C([2H])([2H])C([2H])([2H])C([2H])([2H])C([2H])([2H])C([2H])([2H])C([2H])([2H])C([2H])([2H])C([2H])([2H])C([2H])([2H])C([2H])([2H])C([2H])([2H])C([2H])([2H])C(=O)OC[C@@H](COP(=O)([O-])OCC[N+](C)(C)C)OC(=O)C([2H])([2H])C([2H])([2H])C([2H])([2H])C([2H])([2H])C([2H])([2H])C([2H])([2H])C([2H])([2H])C([2H])([2H])C([2H])([2H])C([2H])([2H])C([2H])([2H])C([2H])([2H])C([2H])([2H])C([2H])([2H])C([2H])([2H])[2H]. The summed E-state index contributed by atoms with van der Waals surface area (Å²) < 4.78 is 541. The predicted octanol–water partition coefficient (Wildman–Crippen LogP) is 10.6. The van der Waals surface area contributed by atoms with E-state index in [1.165, 1.54) is 21.1 Å². The molecule has 0 radical (unpaired) electrons. The molecule has 0 aromatic carbocycles. The number of carbonyl (C=O) groups is 2. The maximum atomic E-state index is 14.0. The number of phosphoric acid groups is 1. The number of nitrogens with zero attached hydrogens (tertiary/aromatic N) is 1. The maximum absolute atomic E-state index is 14.0. The highest BCUT2D eigenvalue weighted by molar-refractivity contribution is 7.45. The minimum Gasteiger partial charge on any atom is -0.756 e. The molecule has 0 amide bonds. The molecule has 0 spiro atoms. The average molecular weight is 796 g/mol. The molecule has 9 nitrogen and oxygen atoms in total. The van der Waals surface area contributed by atoms with E-state index in [2.05, 4.69) is 18.5 Å². The van der Waals surface area contributed by atoms with Gasteiger partial charge in [-0.3, -0.25) is 14.2 Å². The molecule has 0 aliphatic carbocycles. The van der Waals surface area contributed by atoms with Gasteiger partial charge in [0.2, 0.25) is 0 Å². The summed E-state index contributed by atoms with van der Waals surface area (Å²) in [6.45, 7) is -14.0. The molecule has 50 heavy (non-hydrogen) atoms. The summed E-state index contributed by atoms with van der Waals surface area (Å²) in [5, 5.41) is 0. The standard InChI is InChI=1S/C40H80NO8P/c1-6-8-10-12-14-16-18-20-22-24-26-28-30-32-39(42)46-36-38(37-48-50(44,45)47-35-34-41(3,4)5)49-40(43)33-31-29-27-25-23-21-19-17-15-13-11-9-7-2/h38H,6-37H2,1-5H3/t38-/m0/s1/i1D3,2D3,6D2,7D2,8D2,9D2,10D2,11D2,12D2,13D2,14D2,15D2,16D2,17D2,18D2,19D2,20D2,21D2,22D2,23D2,24D2,25D2,26D2,27D2,28D2,29D2,30D2,31D2,32D2,33D2. The summed E-state index contributed by atoms with van der Waals surface area (Å²) in [6, 6.07) is 0. The van der Waals surface area contributed by atoms with Crippen molar-refractivity contribution in [1.29, 1.82) is 0 Å². The number of ether oxygens (including phenoxy) is 2. The average Bonchev–Trinajstić information content (AvgIpc) is 0.684. The third kappa shape index (κ3) is 36.8. The molecule has 0 rings (SSSR count). The van der Waals surface area contributed by atoms with E-state index in [1.807, 2.05) is 0 Å². The van der Waals surface area contributed by atoms with Gasteiger partial charge in [0.25, 0.3) is 7.82 Å². The van der Waals surface area contributed by atoms with Crippen molar-refractivity contribution in [2.24, 2.45) is 0 Å². The van der Waals surface area contributed by atoms with E-state index in [9.17, 15) is 19.0 Å². The van der Waals surface area contributed by atoms with Gasteiger partial charge in [-0.25, -0.2) is 0 Å². The van der Waals surface area contributed by atoms with E-state index in [0.717, 1.165) is 0 Å². The Morgan fingerprint density at radius 3 is 1.38 bits per heavy atom. The highest BCUT2D eigenvalue weighted by Crippen LogP contribution is 2.38. The smallest absolute Gasteiger partial charge is 0.306 e. The van der Waals surface area contributed by atoms with E-state index in [0.29, 0.717) is 0 Å². The van der Waals surface area contributed by atoms with Crippen LogP contribution in [0.2, 0.25) is 0 Å². The Balaban J connectivity index is 8.27. The molecule has 0 aliphatic rings. The number of quaternary nitrogens is 1. The lowest BCUT2D eigenvalue weighted by Gasteiger charge is -2.28. The predicted molar refractivity (Wildman–Crippen MR) is 204 cm³/mol. The van der Waals surface area contributed by atoms with Gasteiger partial charge in [0, 0.05) is 97.7 Å². The van der Waals surface area contributed by atoms with Crippen LogP contribution in [0, 0.1) is 0 Å². The molecule has 0 fully saturated rings. The lowest BCUT2D eigenvalue weighted by molar-refractivity contribution is -0.870. The van der Waals surface area contributed by atoms with E-state index in [4.69, 9.17) is 85.0 Å². The molecule has 0 heterocycles. The van der Waals surface area contributed by atoms with Gasteiger partial charge >= 0.3 is 11.9 Å². The molecule has 0 bridgehead atoms. The summed E-state index contributed by atoms with van der Waals surface area (Å²) in [6.07, 6.45) is -151. The normalized spacial score (nSPS) is 40.6. The number of hydrogen-bond acceptors (Lipinski definition) is 8. The Morgan fingerprint density at radius 1 is 0.600 bits per heavy atom. The fraction of sp³-hybridized carbons (Fsp3) is 0.950. The quantitative estimate of drug-likeness (QED) is 0.0345. The summed E-state index contributed by atoms with van der Waals surface area (Å²) >= 11 is 0. The third-order valence-electron chi connectivity index (χ3n) is 3.93. The van der Waals surface area contributed by atoms with Gasteiger partial charge < -0.3 is 27.9 Å². The summed E-state index contributed by atoms with van der Waals surface area (Å²) in [7, 11) is -1.60. The van der Waals surface area contributed by atoms with Crippen LogP contribution in [0.3, 0.4) is 0 Å². The first-order chi connectivity index (χ1) is 47.3. The summed E-state index contributed by atoms with van der Waals surface area (Å²) in [5.41, 5.74) is 0.